The molecule has 2 aromatic carbocycles. The third-order valence-corrected chi connectivity index (χ3v) is 5.89. The Morgan fingerprint density at radius 1 is 1.16 bits per heavy atom. The molecule has 9 heteroatoms. The van der Waals surface area contributed by atoms with E-state index < -0.39 is 17.1 Å². The molecule has 0 radical (unpaired) electrons. The van der Waals surface area contributed by atoms with Gasteiger partial charge < -0.3 is 25.4 Å². The number of aryl methyl sites for hydroxylation is 1. The van der Waals surface area contributed by atoms with Crippen molar-refractivity contribution in [2.45, 2.75) is 46.5 Å². The van der Waals surface area contributed by atoms with E-state index in [4.69, 9.17) is 16.0 Å². The van der Waals surface area contributed by atoms with Crippen LogP contribution in [0.25, 0.3) is 0 Å². The summed E-state index contributed by atoms with van der Waals surface area (Å²) in [5.74, 6) is 1.40. The van der Waals surface area contributed by atoms with Crippen molar-refractivity contribution in [2.24, 2.45) is 5.41 Å². The molecule has 0 spiro atoms. The Morgan fingerprint density at radius 3 is 2.45 bits per heavy atom. The Bertz CT molecular complexity index is 1220. The minimum atomic E-state index is -1.30. The molecule has 2 heterocycles. The lowest BCUT2D eigenvalue weighted by molar-refractivity contribution is -0.194. The Balaban J connectivity index is 1.70. The zero-order valence-electron chi connectivity index (χ0n) is 17.6. The number of hydroxylamine groups is 2. The molecule has 0 aliphatic carbocycles. The molecule has 4 rings (SSSR count). The van der Waals surface area contributed by atoms with E-state index in [9.17, 15) is 19.9 Å². The molecule has 1 unspecified atom stereocenters. The maximum atomic E-state index is 12.4. The molecule has 0 saturated heterocycles. The number of nitrogens with zero attached hydrogens (tertiary/aromatic N) is 1. The Kier molecular flexibility index (Phi) is 5.21. The normalized spacial score (nSPS) is 17.7. The van der Waals surface area contributed by atoms with Crippen LogP contribution in [0.1, 0.15) is 55.7 Å². The first kappa shape index (κ1) is 21.6. The molecule has 31 heavy (non-hydrogen) atoms. The maximum Gasteiger partial charge on any atom is 0.253 e. The fourth-order valence-corrected chi connectivity index (χ4v) is 4.08. The third kappa shape index (κ3) is 3.65. The molecular formula is C22H24ClN3O5. The van der Waals surface area contributed by atoms with Crippen LogP contribution >= 0.6 is 11.6 Å². The largest absolute Gasteiger partial charge is 0.464 e. The van der Waals surface area contributed by atoms with E-state index >= 15 is 0 Å². The molecule has 1 aromatic heterocycles. The van der Waals surface area contributed by atoms with E-state index in [1.54, 1.807) is 12.1 Å². The molecule has 0 amide bonds. The molecule has 1 aliphatic rings. The number of benzene rings is 1. The minimum absolute atomic E-state index is 0.0474. The van der Waals surface area contributed by atoms with Gasteiger partial charge in [-0.1, -0.05) is 32.4 Å². The Morgan fingerprint density at radius 2 is 1.84 bits per heavy atom. The first-order valence-electron chi connectivity index (χ1n) is 9.87. The highest BCUT2D eigenvalue weighted by molar-refractivity contribution is 6.31. The van der Waals surface area contributed by atoms with Gasteiger partial charge in [-0.25, -0.2) is 0 Å². The molecule has 8 nitrogen and oxygen atoms in total. The van der Waals surface area contributed by atoms with Gasteiger partial charge in [0, 0.05) is 16.3 Å². The van der Waals surface area contributed by atoms with Crippen LogP contribution in [0, 0.1) is 12.3 Å². The molecule has 164 valence electrons. The number of hydrogen-bond acceptors (Lipinski definition) is 8. The summed E-state index contributed by atoms with van der Waals surface area (Å²) in [5.41, 5.74) is -0.0723. The van der Waals surface area contributed by atoms with Crippen LogP contribution in [0.3, 0.4) is 0 Å². The average Bonchev–Trinajstić information content (AvgIpc) is 3.25. The van der Waals surface area contributed by atoms with Gasteiger partial charge in [0.1, 0.15) is 22.9 Å². The number of fused-ring (bicyclic) bond motifs is 1. The Labute approximate surface area is 183 Å². The lowest BCUT2D eigenvalue weighted by atomic mass is 9.85. The van der Waals surface area contributed by atoms with Crippen molar-refractivity contribution in [3.63, 3.8) is 0 Å². The first-order valence-corrected chi connectivity index (χ1v) is 10.2. The van der Waals surface area contributed by atoms with Crippen molar-refractivity contribution < 1.29 is 14.7 Å². The van der Waals surface area contributed by atoms with Gasteiger partial charge in [-0.15, -0.1) is 0 Å². The second kappa shape index (κ2) is 7.49. The summed E-state index contributed by atoms with van der Waals surface area (Å²) in [6, 6.07) is 6.53. The number of aliphatic hydroxyl groups is 1. The van der Waals surface area contributed by atoms with Gasteiger partial charge in [-0.2, -0.15) is 5.06 Å². The van der Waals surface area contributed by atoms with Crippen LogP contribution in [-0.4, -0.2) is 15.4 Å². The fraction of sp³-hybridized carbons (Fsp3) is 0.364. The van der Waals surface area contributed by atoms with Gasteiger partial charge in [0.05, 0.1) is 12.6 Å². The first-order chi connectivity index (χ1) is 14.5. The monoisotopic (exact) mass is 445 g/mol. The third-order valence-electron chi connectivity index (χ3n) is 5.53. The second-order valence-corrected chi connectivity index (χ2v) is 9.29. The van der Waals surface area contributed by atoms with Crippen LogP contribution in [0.5, 0.6) is 0 Å². The highest BCUT2D eigenvalue weighted by Crippen LogP contribution is 2.42. The lowest BCUT2D eigenvalue weighted by Gasteiger charge is -2.31. The fourth-order valence-electron chi connectivity index (χ4n) is 3.85. The summed E-state index contributed by atoms with van der Waals surface area (Å²) in [6.07, 6.45) is -1.30. The number of nitrogens with one attached hydrogen (secondary N) is 2. The summed E-state index contributed by atoms with van der Waals surface area (Å²) < 4.78 is 5.77. The predicted molar refractivity (Wildman–Crippen MR) is 118 cm³/mol. The highest BCUT2D eigenvalue weighted by Gasteiger charge is 2.35. The van der Waals surface area contributed by atoms with Gasteiger partial charge in [-0.3, -0.25) is 9.59 Å². The van der Waals surface area contributed by atoms with Crippen LogP contribution in [0.15, 0.2) is 38.3 Å². The summed E-state index contributed by atoms with van der Waals surface area (Å²) >= 11 is 6.19. The van der Waals surface area contributed by atoms with Gasteiger partial charge in [-0.05, 0) is 42.2 Å². The zero-order valence-corrected chi connectivity index (χ0v) is 18.4. The van der Waals surface area contributed by atoms with Gasteiger partial charge >= 0.3 is 0 Å². The summed E-state index contributed by atoms with van der Waals surface area (Å²) in [4.78, 5) is 24.8. The van der Waals surface area contributed by atoms with E-state index in [0.29, 0.717) is 27.6 Å². The molecule has 2 atom stereocenters. The quantitative estimate of drug-likeness (QED) is 0.436. The van der Waals surface area contributed by atoms with E-state index in [1.165, 1.54) is 0 Å². The number of furan rings is 1. The summed E-state index contributed by atoms with van der Waals surface area (Å²) in [5, 5.41) is 27.5. The molecule has 0 fully saturated rings. The van der Waals surface area contributed by atoms with Crippen molar-refractivity contribution >= 4 is 28.7 Å². The maximum absolute atomic E-state index is 12.4. The molecule has 1 aliphatic heterocycles. The highest BCUT2D eigenvalue weighted by atomic mass is 35.5. The van der Waals surface area contributed by atoms with Crippen LogP contribution in [0.4, 0.5) is 17.1 Å². The Hall–Kier alpha value is -2.65. The van der Waals surface area contributed by atoms with Crippen molar-refractivity contribution in [3.05, 3.63) is 72.4 Å². The number of rotatable bonds is 5. The molecule has 0 bridgehead atoms. The van der Waals surface area contributed by atoms with Crippen molar-refractivity contribution in [1.29, 1.82) is 0 Å². The van der Waals surface area contributed by atoms with E-state index in [1.807, 2.05) is 39.8 Å². The lowest BCUT2D eigenvalue weighted by Crippen LogP contribution is -2.39. The predicted octanol–water partition coefficient (Wildman–Crippen LogP) is 3.98. The SMILES string of the molecule is Cc1ccc([C@H](Nc2c(Nc3ccc(Cl)c4c3C(O)N(O)C4)c(=O)c2=O)C(C)(C)C)o1. The topological polar surface area (TPSA) is 115 Å². The standard InChI is InChI=1S/C22H24ClN3O5/c1-10-5-8-14(31-10)20(22(2,3)4)25-17-16(18(27)19(17)28)24-13-7-6-12(23)11-9-26(30)21(29)15(11)13/h5-8,20-21,24-25,29-30H,9H2,1-4H3/t20-,21?/m0/s1. The van der Waals surface area contributed by atoms with E-state index in [-0.39, 0.29) is 29.4 Å². The van der Waals surface area contributed by atoms with Crippen molar-refractivity contribution in [1.82, 2.24) is 5.06 Å². The van der Waals surface area contributed by atoms with Gasteiger partial charge in [0.25, 0.3) is 10.9 Å². The summed E-state index contributed by atoms with van der Waals surface area (Å²) in [6.45, 7) is 7.88. The molecule has 4 N–H and O–H groups in total. The van der Waals surface area contributed by atoms with E-state index in [0.717, 1.165) is 10.8 Å². The van der Waals surface area contributed by atoms with Crippen molar-refractivity contribution in [2.75, 3.05) is 10.6 Å². The minimum Gasteiger partial charge on any atom is -0.464 e. The number of hydrogen-bond donors (Lipinski definition) is 4. The molecular weight excluding hydrogens is 422 g/mol. The summed E-state index contributed by atoms with van der Waals surface area (Å²) in [7, 11) is 0. The van der Waals surface area contributed by atoms with Crippen LogP contribution in [-0.2, 0) is 6.54 Å². The number of halogens is 1. The van der Waals surface area contributed by atoms with Gasteiger partial charge in [0.2, 0.25) is 0 Å². The van der Waals surface area contributed by atoms with E-state index in [2.05, 4.69) is 10.6 Å². The average molecular weight is 446 g/mol. The smallest absolute Gasteiger partial charge is 0.253 e. The zero-order chi connectivity index (χ0) is 22.7. The number of anilines is 3. The number of aliphatic hydroxyl groups excluding tert-OH is 1. The molecule has 3 aromatic rings. The van der Waals surface area contributed by atoms with Crippen LogP contribution < -0.4 is 21.5 Å². The van der Waals surface area contributed by atoms with Gasteiger partial charge in [0.15, 0.2) is 6.23 Å². The molecule has 0 saturated carbocycles. The van der Waals surface area contributed by atoms with Crippen molar-refractivity contribution in [3.8, 4) is 0 Å². The van der Waals surface area contributed by atoms with Crippen LogP contribution in [0.2, 0.25) is 5.02 Å². The second-order valence-electron chi connectivity index (χ2n) is 8.88.